The van der Waals surface area contributed by atoms with Crippen molar-refractivity contribution < 1.29 is 14.3 Å². The Morgan fingerprint density at radius 1 is 0.839 bits per heavy atom. The average Bonchev–Trinajstić information content (AvgIpc) is 3.25. The van der Waals surface area contributed by atoms with Gasteiger partial charge in [-0.1, -0.05) is 56.3 Å². The predicted molar refractivity (Wildman–Crippen MR) is 122 cm³/mol. The molecule has 0 saturated carbocycles. The first kappa shape index (κ1) is 20.8. The van der Waals surface area contributed by atoms with Gasteiger partial charge in [-0.2, -0.15) is 0 Å². The molecule has 1 heterocycles. The van der Waals surface area contributed by atoms with Crippen molar-refractivity contribution in [3.63, 3.8) is 0 Å². The summed E-state index contributed by atoms with van der Waals surface area (Å²) in [6.07, 6.45) is 0.349. The molecule has 3 aromatic carbocycles. The van der Waals surface area contributed by atoms with Gasteiger partial charge in [-0.3, -0.25) is 4.79 Å². The molecular formula is C26H28N2O3. The zero-order valence-corrected chi connectivity index (χ0v) is 18.0. The summed E-state index contributed by atoms with van der Waals surface area (Å²) in [5.74, 6) is 2.01. The first-order valence-electron chi connectivity index (χ1n) is 10.6. The number of hydrogen-bond donors (Lipinski definition) is 2. The van der Waals surface area contributed by atoms with E-state index in [1.54, 1.807) is 0 Å². The van der Waals surface area contributed by atoms with Gasteiger partial charge in [0.25, 0.3) is 0 Å². The highest BCUT2D eigenvalue weighted by Crippen LogP contribution is 2.32. The number of hydrogen-bond acceptors (Lipinski definition) is 4. The monoisotopic (exact) mass is 416 g/mol. The summed E-state index contributed by atoms with van der Waals surface area (Å²) in [5, 5.41) is 6.40. The summed E-state index contributed by atoms with van der Waals surface area (Å²) in [7, 11) is 0. The second-order valence-electron chi connectivity index (χ2n) is 8.09. The van der Waals surface area contributed by atoms with Crippen LogP contribution in [0.4, 0.5) is 5.69 Å². The fraction of sp³-hybridized carbons (Fsp3) is 0.269. The number of nitrogens with one attached hydrogen (secondary N) is 2. The van der Waals surface area contributed by atoms with Crippen LogP contribution in [0.2, 0.25) is 0 Å². The molecule has 5 heteroatoms. The lowest BCUT2D eigenvalue weighted by Gasteiger charge is -2.10. The van der Waals surface area contributed by atoms with Gasteiger partial charge in [0, 0.05) is 18.8 Å². The van der Waals surface area contributed by atoms with Crippen molar-refractivity contribution in [3.8, 4) is 11.5 Å². The smallest absolute Gasteiger partial charge is 0.231 e. The zero-order chi connectivity index (χ0) is 21.6. The first-order chi connectivity index (χ1) is 15.1. The van der Waals surface area contributed by atoms with E-state index in [1.807, 2.05) is 42.5 Å². The number of anilines is 1. The topological polar surface area (TPSA) is 59.6 Å². The van der Waals surface area contributed by atoms with Gasteiger partial charge in [0.15, 0.2) is 11.5 Å². The Kier molecular flexibility index (Phi) is 6.41. The lowest BCUT2D eigenvalue weighted by atomic mass is 10.0. The van der Waals surface area contributed by atoms with Crippen molar-refractivity contribution in [1.29, 1.82) is 0 Å². The minimum atomic E-state index is -0.0105. The van der Waals surface area contributed by atoms with E-state index in [9.17, 15) is 4.79 Å². The van der Waals surface area contributed by atoms with Crippen LogP contribution in [0.1, 0.15) is 42.0 Å². The van der Waals surface area contributed by atoms with Crippen molar-refractivity contribution in [1.82, 2.24) is 5.32 Å². The van der Waals surface area contributed by atoms with E-state index in [0.29, 0.717) is 18.9 Å². The van der Waals surface area contributed by atoms with Crippen molar-refractivity contribution in [2.24, 2.45) is 0 Å². The molecule has 1 aliphatic rings. The Hall–Kier alpha value is -3.47. The van der Waals surface area contributed by atoms with Crippen LogP contribution in [0.3, 0.4) is 0 Å². The quantitative estimate of drug-likeness (QED) is 0.542. The van der Waals surface area contributed by atoms with E-state index in [4.69, 9.17) is 9.47 Å². The molecule has 0 bridgehead atoms. The molecule has 0 saturated heterocycles. The van der Waals surface area contributed by atoms with Gasteiger partial charge >= 0.3 is 0 Å². The van der Waals surface area contributed by atoms with Crippen LogP contribution < -0.4 is 20.1 Å². The van der Waals surface area contributed by atoms with Crippen molar-refractivity contribution in [3.05, 3.63) is 89.0 Å². The van der Waals surface area contributed by atoms with Crippen molar-refractivity contribution in [2.75, 3.05) is 12.1 Å². The Balaban J connectivity index is 1.23. The molecular weight excluding hydrogens is 388 g/mol. The standard InChI is InChI=1S/C26H28N2O3/c1-18(2)22-8-3-20(4-9-22)15-27-23-10-5-19(6-11-23)14-26(29)28-16-21-7-12-24-25(13-21)31-17-30-24/h3-13,18,27H,14-17H2,1-2H3,(H,28,29). The molecule has 4 rings (SSSR count). The number of carbonyl (C=O) groups excluding carboxylic acids is 1. The SMILES string of the molecule is CC(C)c1ccc(CNc2ccc(CC(=O)NCc3ccc4c(c3)OCO4)cc2)cc1. The van der Waals surface area contributed by atoms with E-state index in [-0.39, 0.29) is 12.7 Å². The van der Waals surface area contributed by atoms with Crippen molar-refractivity contribution >= 4 is 11.6 Å². The van der Waals surface area contributed by atoms with E-state index in [0.717, 1.165) is 34.9 Å². The summed E-state index contributed by atoms with van der Waals surface area (Å²) >= 11 is 0. The molecule has 0 aromatic heterocycles. The highest BCUT2D eigenvalue weighted by atomic mass is 16.7. The van der Waals surface area contributed by atoms with Gasteiger partial charge in [-0.15, -0.1) is 0 Å². The molecule has 0 atom stereocenters. The second-order valence-corrected chi connectivity index (χ2v) is 8.09. The van der Waals surface area contributed by atoms with Crippen LogP contribution in [0.15, 0.2) is 66.7 Å². The van der Waals surface area contributed by atoms with Crippen LogP contribution in [0.25, 0.3) is 0 Å². The van der Waals surface area contributed by atoms with Gasteiger partial charge in [0.05, 0.1) is 6.42 Å². The minimum absolute atomic E-state index is 0.0105. The van der Waals surface area contributed by atoms with E-state index >= 15 is 0 Å². The lowest BCUT2D eigenvalue weighted by molar-refractivity contribution is -0.120. The molecule has 0 fully saturated rings. The van der Waals surface area contributed by atoms with E-state index in [1.165, 1.54) is 11.1 Å². The van der Waals surface area contributed by atoms with Crippen LogP contribution in [-0.2, 0) is 24.3 Å². The second kappa shape index (κ2) is 9.56. The summed E-state index contributed by atoms with van der Waals surface area (Å²) < 4.78 is 10.7. The van der Waals surface area contributed by atoms with Gasteiger partial charge in [-0.25, -0.2) is 0 Å². The van der Waals surface area contributed by atoms with Crippen molar-refractivity contribution in [2.45, 2.75) is 39.3 Å². The fourth-order valence-electron chi connectivity index (χ4n) is 3.46. The molecule has 2 N–H and O–H groups in total. The Labute approximate surface area is 183 Å². The molecule has 0 radical (unpaired) electrons. The third-order valence-corrected chi connectivity index (χ3v) is 5.39. The lowest BCUT2D eigenvalue weighted by Crippen LogP contribution is -2.24. The van der Waals surface area contributed by atoms with E-state index in [2.05, 4.69) is 48.7 Å². The van der Waals surface area contributed by atoms with Gasteiger partial charge < -0.3 is 20.1 Å². The Bertz CT molecular complexity index is 1030. The normalized spacial score (nSPS) is 12.1. The van der Waals surface area contributed by atoms with Crippen LogP contribution >= 0.6 is 0 Å². The summed E-state index contributed by atoms with van der Waals surface area (Å²) in [6, 6.07) is 22.4. The molecule has 1 amide bonds. The minimum Gasteiger partial charge on any atom is -0.454 e. The number of ether oxygens (including phenoxy) is 2. The molecule has 160 valence electrons. The number of carbonyl (C=O) groups is 1. The molecule has 31 heavy (non-hydrogen) atoms. The van der Waals surface area contributed by atoms with E-state index < -0.39 is 0 Å². The first-order valence-corrected chi connectivity index (χ1v) is 10.6. The Morgan fingerprint density at radius 2 is 1.52 bits per heavy atom. The van der Waals surface area contributed by atoms with Gasteiger partial charge in [0.1, 0.15) is 0 Å². The third kappa shape index (κ3) is 5.57. The summed E-state index contributed by atoms with van der Waals surface area (Å²) in [5.41, 5.74) is 5.60. The predicted octanol–water partition coefficient (Wildman–Crippen LogP) is 5.01. The van der Waals surface area contributed by atoms with Crippen LogP contribution in [0, 0.1) is 0 Å². The maximum Gasteiger partial charge on any atom is 0.231 e. The molecule has 0 spiro atoms. The third-order valence-electron chi connectivity index (χ3n) is 5.39. The number of benzene rings is 3. The summed E-state index contributed by atoms with van der Waals surface area (Å²) in [6.45, 7) is 5.89. The van der Waals surface area contributed by atoms with Gasteiger partial charge in [0.2, 0.25) is 12.7 Å². The van der Waals surface area contributed by atoms with Crippen LogP contribution in [-0.4, -0.2) is 12.7 Å². The molecule has 0 unspecified atom stereocenters. The largest absolute Gasteiger partial charge is 0.454 e. The average molecular weight is 417 g/mol. The summed E-state index contributed by atoms with van der Waals surface area (Å²) in [4.78, 5) is 12.3. The van der Waals surface area contributed by atoms with Gasteiger partial charge in [-0.05, 0) is 52.4 Å². The number of rotatable bonds is 8. The molecule has 1 aliphatic heterocycles. The highest BCUT2D eigenvalue weighted by molar-refractivity contribution is 5.78. The maximum absolute atomic E-state index is 12.3. The fourth-order valence-corrected chi connectivity index (χ4v) is 3.46. The molecule has 5 nitrogen and oxygen atoms in total. The highest BCUT2D eigenvalue weighted by Gasteiger charge is 2.13. The van der Waals surface area contributed by atoms with Crippen LogP contribution in [0.5, 0.6) is 11.5 Å². The molecule has 0 aliphatic carbocycles. The molecule has 3 aromatic rings. The maximum atomic E-state index is 12.3. The number of fused-ring (bicyclic) bond motifs is 1. The Morgan fingerprint density at radius 3 is 2.26 bits per heavy atom. The number of amides is 1. The zero-order valence-electron chi connectivity index (χ0n) is 18.0.